The molecule has 1 aromatic rings. The zero-order valence-corrected chi connectivity index (χ0v) is 11.9. The van der Waals surface area contributed by atoms with Crippen LogP contribution in [0.15, 0.2) is 24.3 Å². The monoisotopic (exact) mass is 279 g/mol. The van der Waals surface area contributed by atoms with E-state index in [0.717, 1.165) is 5.56 Å². The number of para-hydroxylation sites is 1. The van der Waals surface area contributed by atoms with Gasteiger partial charge in [-0.1, -0.05) is 18.2 Å². The summed E-state index contributed by atoms with van der Waals surface area (Å²) in [5.74, 6) is -1.58. The fourth-order valence-corrected chi connectivity index (χ4v) is 1.69. The number of amides is 2. The van der Waals surface area contributed by atoms with Crippen molar-refractivity contribution < 1.29 is 14.7 Å². The predicted octanol–water partition coefficient (Wildman–Crippen LogP) is 1.64. The number of nitrogens with one attached hydrogen (secondary N) is 3. The Morgan fingerprint density at radius 3 is 2.50 bits per heavy atom. The molecule has 6 heteroatoms. The third-order valence-electron chi connectivity index (χ3n) is 3.13. The second-order valence-electron chi connectivity index (χ2n) is 4.70. The van der Waals surface area contributed by atoms with Gasteiger partial charge in [0.1, 0.15) is 0 Å². The van der Waals surface area contributed by atoms with Gasteiger partial charge in [0.05, 0.1) is 5.92 Å². The SMILES string of the molecule is CNCc1ccccc1NC(=O)NC(C)C(C)C(=O)O. The average Bonchev–Trinajstić information content (AvgIpc) is 2.40. The zero-order valence-electron chi connectivity index (χ0n) is 11.9. The molecule has 110 valence electrons. The molecule has 0 saturated heterocycles. The largest absolute Gasteiger partial charge is 0.481 e. The summed E-state index contributed by atoms with van der Waals surface area (Å²) in [6, 6.07) is 6.58. The smallest absolute Gasteiger partial charge is 0.319 e. The number of rotatable bonds is 6. The van der Waals surface area contributed by atoms with Gasteiger partial charge in [0.2, 0.25) is 0 Å². The molecule has 1 aromatic carbocycles. The third-order valence-corrected chi connectivity index (χ3v) is 3.13. The van der Waals surface area contributed by atoms with E-state index in [1.165, 1.54) is 0 Å². The summed E-state index contributed by atoms with van der Waals surface area (Å²) in [7, 11) is 1.83. The summed E-state index contributed by atoms with van der Waals surface area (Å²) in [5, 5.41) is 17.3. The van der Waals surface area contributed by atoms with E-state index in [1.54, 1.807) is 19.9 Å². The van der Waals surface area contributed by atoms with Crippen molar-refractivity contribution in [3.63, 3.8) is 0 Å². The van der Waals surface area contributed by atoms with Crippen molar-refractivity contribution in [1.82, 2.24) is 10.6 Å². The predicted molar refractivity (Wildman–Crippen MR) is 77.6 cm³/mol. The summed E-state index contributed by atoms with van der Waals surface area (Å²) in [5.41, 5.74) is 1.67. The number of hydrogen-bond donors (Lipinski definition) is 4. The van der Waals surface area contributed by atoms with Gasteiger partial charge >= 0.3 is 12.0 Å². The van der Waals surface area contributed by atoms with E-state index in [0.29, 0.717) is 12.2 Å². The molecule has 2 atom stereocenters. The van der Waals surface area contributed by atoms with Crippen LogP contribution in [0.25, 0.3) is 0 Å². The summed E-state index contributed by atoms with van der Waals surface area (Å²) in [6.07, 6.45) is 0. The van der Waals surface area contributed by atoms with Gasteiger partial charge in [0, 0.05) is 18.3 Å². The fraction of sp³-hybridized carbons (Fsp3) is 0.429. The van der Waals surface area contributed by atoms with Crippen LogP contribution in [0.1, 0.15) is 19.4 Å². The molecule has 4 N–H and O–H groups in total. The van der Waals surface area contributed by atoms with Gasteiger partial charge in [-0.05, 0) is 32.5 Å². The van der Waals surface area contributed by atoms with E-state index in [2.05, 4.69) is 16.0 Å². The Morgan fingerprint density at radius 2 is 1.90 bits per heavy atom. The maximum atomic E-state index is 11.9. The number of carbonyl (C=O) groups is 2. The maximum absolute atomic E-state index is 11.9. The normalized spacial score (nSPS) is 13.3. The first-order valence-corrected chi connectivity index (χ1v) is 6.48. The molecule has 0 heterocycles. The molecule has 0 saturated carbocycles. The van der Waals surface area contributed by atoms with Crippen molar-refractivity contribution in [1.29, 1.82) is 0 Å². The molecule has 0 fully saturated rings. The molecular formula is C14H21N3O3. The molecule has 0 spiro atoms. The molecule has 1 rings (SSSR count). The first-order valence-electron chi connectivity index (χ1n) is 6.48. The average molecular weight is 279 g/mol. The van der Waals surface area contributed by atoms with Gasteiger partial charge in [-0.2, -0.15) is 0 Å². The Kier molecular flexibility index (Phi) is 5.99. The van der Waals surface area contributed by atoms with Crippen LogP contribution in [0.4, 0.5) is 10.5 Å². The number of carboxylic acids is 1. The van der Waals surface area contributed by atoms with Crippen LogP contribution in [-0.4, -0.2) is 30.2 Å². The number of anilines is 1. The quantitative estimate of drug-likeness (QED) is 0.637. The van der Waals surface area contributed by atoms with Crippen LogP contribution in [0, 0.1) is 5.92 Å². The molecule has 0 aliphatic carbocycles. The number of aliphatic carboxylic acids is 1. The Hall–Kier alpha value is -2.08. The summed E-state index contributed by atoms with van der Waals surface area (Å²) >= 11 is 0. The lowest BCUT2D eigenvalue weighted by atomic mass is 10.0. The lowest BCUT2D eigenvalue weighted by Crippen LogP contribution is -2.42. The maximum Gasteiger partial charge on any atom is 0.319 e. The zero-order chi connectivity index (χ0) is 15.1. The lowest BCUT2D eigenvalue weighted by molar-refractivity contribution is -0.141. The number of carboxylic acid groups (broad SMARTS) is 1. The lowest BCUT2D eigenvalue weighted by Gasteiger charge is -2.19. The van der Waals surface area contributed by atoms with Gasteiger partial charge in [0.15, 0.2) is 0 Å². The van der Waals surface area contributed by atoms with E-state index in [1.807, 2.05) is 25.2 Å². The molecule has 0 aromatic heterocycles. The highest BCUT2D eigenvalue weighted by Crippen LogP contribution is 2.14. The summed E-state index contributed by atoms with van der Waals surface area (Å²) in [6.45, 7) is 3.86. The topological polar surface area (TPSA) is 90.5 Å². The Labute approximate surface area is 118 Å². The van der Waals surface area contributed by atoms with Crippen LogP contribution in [-0.2, 0) is 11.3 Å². The number of hydrogen-bond acceptors (Lipinski definition) is 3. The van der Waals surface area contributed by atoms with Crippen molar-refractivity contribution in [2.24, 2.45) is 5.92 Å². The molecule has 0 aliphatic rings. The van der Waals surface area contributed by atoms with Crippen molar-refractivity contribution >= 4 is 17.7 Å². The first kappa shape index (κ1) is 16.0. The highest BCUT2D eigenvalue weighted by atomic mass is 16.4. The van der Waals surface area contributed by atoms with Crippen LogP contribution in [0.5, 0.6) is 0 Å². The number of urea groups is 1. The second-order valence-corrected chi connectivity index (χ2v) is 4.70. The van der Waals surface area contributed by atoms with Gasteiger partial charge in [-0.25, -0.2) is 4.79 Å². The Bertz CT molecular complexity index is 476. The van der Waals surface area contributed by atoms with E-state index < -0.39 is 24.0 Å². The van der Waals surface area contributed by atoms with Crippen LogP contribution in [0.2, 0.25) is 0 Å². The molecule has 20 heavy (non-hydrogen) atoms. The van der Waals surface area contributed by atoms with E-state index >= 15 is 0 Å². The van der Waals surface area contributed by atoms with Crippen LogP contribution >= 0.6 is 0 Å². The summed E-state index contributed by atoms with van der Waals surface area (Å²) in [4.78, 5) is 22.7. The molecule has 0 bridgehead atoms. The van der Waals surface area contributed by atoms with Crippen LogP contribution in [0.3, 0.4) is 0 Å². The van der Waals surface area contributed by atoms with Crippen LogP contribution < -0.4 is 16.0 Å². The van der Waals surface area contributed by atoms with Gasteiger partial charge in [0.25, 0.3) is 0 Å². The number of carbonyl (C=O) groups excluding carboxylic acids is 1. The molecular weight excluding hydrogens is 258 g/mol. The highest BCUT2D eigenvalue weighted by molar-refractivity contribution is 5.90. The minimum absolute atomic E-state index is 0.408. The molecule has 0 radical (unpaired) electrons. The molecule has 6 nitrogen and oxygen atoms in total. The Balaban J connectivity index is 2.65. The second kappa shape index (κ2) is 7.49. The van der Waals surface area contributed by atoms with Crippen molar-refractivity contribution in [3.05, 3.63) is 29.8 Å². The summed E-state index contributed by atoms with van der Waals surface area (Å²) < 4.78 is 0. The third kappa shape index (κ3) is 4.55. The fourth-order valence-electron chi connectivity index (χ4n) is 1.69. The minimum atomic E-state index is -0.937. The van der Waals surface area contributed by atoms with Crippen molar-refractivity contribution in [2.75, 3.05) is 12.4 Å². The van der Waals surface area contributed by atoms with Gasteiger partial charge < -0.3 is 21.1 Å². The van der Waals surface area contributed by atoms with Crippen molar-refractivity contribution in [2.45, 2.75) is 26.4 Å². The molecule has 0 aliphatic heterocycles. The highest BCUT2D eigenvalue weighted by Gasteiger charge is 2.21. The van der Waals surface area contributed by atoms with E-state index in [9.17, 15) is 9.59 Å². The van der Waals surface area contributed by atoms with E-state index in [4.69, 9.17) is 5.11 Å². The molecule has 2 unspecified atom stereocenters. The first-order chi connectivity index (χ1) is 9.45. The Morgan fingerprint density at radius 1 is 1.25 bits per heavy atom. The number of benzene rings is 1. The standard InChI is InChI=1S/C14H21N3O3/c1-9(13(18)19)10(2)16-14(20)17-12-7-5-4-6-11(12)8-15-3/h4-7,9-10,15H,8H2,1-3H3,(H,18,19)(H2,16,17,20). The van der Waals surface area contributed by atoms with E-state index in [-0.39, 0.29) is 0 Å². The van der Waals surface area contributed by atoms with Gasteiger partial charge in [-0.3, -0.25) is 4.79 Å². The van der Waals surface area contributed by atoms with Crippen molar-refractivity contribution in [3.8, 4) is 0 Å². The minimum Gasteiger partial charge on any atom is -0.481 e. The molecule has 2 amide bonds. The van der Waals surface area contributed by atoms with Gasteiger partial charge in [-0.15, -0.1) is 0 Å².